The van der Waals surface area contributed by atoms with Crippen LogP contribution in [-0.4, -0.2) is 9.97 Å². The van der Waals surface area contributed by atoms with E-state index in [2.05, 4.69) is 9.97 Å². The molecule has 1 fully saturated rings. The van der Waals surface area contributed by atoms with Crippen molar-refractivity contribution in [2.24, 2.45) is 0 Å². The molecule has 0 amide bonds. The van der Waals surface area contributed by atoms with Gasteiger partial charge in [0.25, 0.3) is 0 Å². The number of aromatic nitrogens is 2. The SMILES string of the molecule is FC(F)(F)c1ccc(-c2ncc3ccccc3n2)cc1-c1ccccc1C1CCCCC1. The van der Waals surface area contributed by atoms with Crippen LogP contribution in [-0.2, 0) is 6.18 Å². The highest BCUT2D eigenvalue weighted by Gasteiger charge is 2.35. The Morgan fingerprint density at radius 2 is 1.53 bits per heavy atom. The molecule has 0 bridgehead atoms. The van der Waals surface area contributed by atoms with Gasteiger partial charge in [-0.2, -0.15) is 13.2 Å². The number of hydrogen-bond donors (Lipinski definition) is 0. The van der Waals surface area contributed by atoms with Crippen LogP contribution in [0.3, 0.4) is 0 Å². The topological polar surface area (TPSA) is 25.8 Å². The molecule has 0 unspecified atom stereocenters. The molecule has 4 aromatic rings. The Labute approximate surface area is 185 Å². The van der Waals surface area contributed by atoms with Crippen LogP contribution in [0.4, 0.5) is 13.2 Å². The third kappa shape index (κ3) is 3.99. The van der Waals surface area contributed by atoms with Gasteiger partial charge in [-0.1, -0.05) is 67.8 Å². The number of alkyl halides is 3. The fourth-order valence-corrected chi connectivity index (χ4v) is 4.78. The molecule has 5 heteroatoms. The van der Waals surface area contributed by atoms with Crippen molar-refractivity contribution < 1.29 is 13.2 Å². The number of fused-ring (bicyclic) bond motifs is 1. The van der Waals surface area contributed by atoms with Gasteiger partial charge in [0.1, 0.15) is 0 Å². The van der Waals surface area contributed by atoms with Gasteiger partial charge >= 0.3 is 6.18 Å². The second-order valence-electron chi connectivity index (χ2n) is 8.43. The quantitative estimate of drug-likeness (QED) is 0.327. The van der Waals surface area contributed by atoms with Crippen LogP contribution in [0.2, 0.25) is 0 Å². The highest BCUT2D eigenvalue weighted by molar-refractivity contribution is 5.81. The molecule has 32 heavy (non-hydrogen) atoms. The van der Waals surface area contributed by atoms with Gasteiger partial charge in [0.05, 0.1) is 11.1 Å². The van der Waals surface area contributed by atoms with Crippen molar-refractivity contribution in [3.05, 3.63) is 84.1 Å². The van der Waals surface area contributed by atoms with E-state index in [0.717, 1.165) is 42.1 Å². The molecule has 1 heterocycles. The summed E-state index contributed by atoms with van der Waals surface area (Å²) in [6, 6.07) is 19.4. The van der Waals surface area contributed by atoms with Crippen molar-refractivity contribution in [2.75, 3.05) is 0 Å². The first-order chi connectivity index (χ1) is 15.5. The van der Waals surface area contributed by atoms with E-state index in [4.69, 9.17) is 0 Å². The van der Waals surface area contributed by atoms with Crippen molar-refractivity contribution in [2.45, 2.75) is 44.2 Å². The Bertz CT molecular complexity index is 1260. The summed E-state index contributed by atoms with van der Waals surface area (Å²) in [5.74, 6) is 0.718. The van der Waals surface area contributed by atoms with Crippen LogP contribution in [0.1, 0.15) is 49.1 Å². The van der Waals surface area contributed by atoms with E-state index < -0.39 is 11.7 Å². The third-order valence-electron chi connectivity index (χ3n) is 6.37. The van der Waals surface area contributed by atoms with Crippen LogP contribution in [0.15, 0.2) is 72.9 Å². The molecular formula is C27H23F3N2. The van der Waals surface area contributed by atoms with Gasteiger partial charge in [0.15, 0.2) is 5.82 Å². The van der Waals surface area contributed by atoms with E-state index in [-0.39, 0.29) is 5.56 Å². The summed E-state index contributed by atoms with van der Waals surface area (Å²) >= 11 is 0. The van der Waals surface area contributed by atoms with Gasteiger partial charge in [0.2, 0.25) is 0 Å². The summed E-state index contributed by atoms with van der Waals surface area (Å²) in [4.78, 5) is 9.02. The Hall–Kier alpha value is -3.21. The Kier molecular flexibility index (Phi) is 5.41. The molecule has 0 N–H and O–H groups in total. The zero-order chi connectivity index (χ0) is 22.1. The van der Waals surface area contributed by atoms with Crippen LogP contribution >= 0.6 is 0 Å². The summed E-state index contributed by atoms with van der Waals surface area (Å²) in [6.45, 7) is 0. The number of benzene rings is 3. The highest BCUT2D eigenvalue weighted by atomic mass is 19.4. The average Bonchev–Trinajstić information content (AvgIpc) is 2.83. The zero-order valence-corrected chi connectivity index (χ0v) is 17.6. The van der Waals surface area contributed by atoms with Crippen LogP contribution < -0.4 is 0 Å². The molecule has 2 nitrogen and oxygen atoms in total. The van der Waals surface area contributed by atoms with Crippen LogP contribution in [0.5, 0.6) is 0 Å². The predicted octanol–water partition coefficient (Wildman–Crippen LogP) is 8.03. The summed E-state index contributed by atoms with van der Waals surface area (Å²) in [7, 11) is 0. The molecule has 0 aliphatic heterocycles. The maximum atomic E-state index is 14.0. The van der Waals surface area contributed by atoms with E-state index in [1.165, 1.54) is 18.6 Å². The first kappa shape index (κ1) is 20.7. The fourth-order valence-electron chi connectivity index (χ4n) is 4.78. The monoisotopic (exact) mass is 432 g/mol. The highest BCUT2D eigenvalue weighted by Crippen LogP contribution is 2.43. The summed E-state index contributed by atoms with van der Waals surface area (Å²) in [5.41, 5.74) is 2.60. The van der Waals surface area contributed by atoms with Crippen molar-refractivity contribution in [1.82, 2.24) is 9.97 Å². The van der Waals surface area contributed by atoms with E-state index in [1.807, 2.05) is 48.5 Å². The maximum absolute atomic E-state index is 14.0. The van der Waals surface area contributed by atoms with E-state index >= 15 is 0 Å². The predicted molar refractivity (Wildman–Crippen MR) is 121 cm³/mol. The number of rotatable bonds is 3. The summed E-state index contributed by atoms with van der Waals surface area (Å²) in [5, 5.41) is 0.894. The zero-order valence-electron chi connectivity index (χ0n) is 17.6. The number of nitrogens with zero attached hydrogens (tertiary/aromatic N) is 2. The standard InChI is InChI=1S/C27H23F3N2/c28-27(29,30)24-15-14-19(26-31-17-20-10-4-7-13-25(20)32-26)16-23(24)22-12-6-5-11-21(22)18-8-2-1-3-9-18/h4-7,10-18H,1-3,8-9H2. The van der Waals surface area contributed by atoms with E-state index in [9.17, 15) is 13.2 Å². The lowest BCUT2D eigenvalue weighted by Gasteiger charge is -2.25. The molecule has 0 saturated heterocycles. The first-order valence-corrected chi connectivity index (χ1v) is 11.0. The first-order valence-electron chi connectivity index (χ1n) is 11.0. The van der Waals surface area contributed by atoms with Crippen molar-refractivity contribution in [3.63, 3.8) is 0 Å². The number of hydrogen-bond acceptors (Lipinski definition) is 2. The van der Waals surface area contributed by atoms with Gasteiger partial charge in [-0.05, 0) is 53.6 Å². The molecule has 1 aromatic heterocycles. The molecule has 0 atom stereocenters. The lowest BCUT2D eigenvalue weighted by Crippen LogP contribution is -2.10. The minimum atomic E-state index is -4.45. The smallest absolute Gasteiger partial charge is 0.236 e. The van der Waals surface area contributed by atoms with Gasteiger partial charge in [0, 0.05) is 17.1 Å². The maximum Gasteiger partial charge on any atom is 0.417 e. The summed E-state index contributed by atoms with van der Waals surface area (Å²) < 4.78 is 42.1. The minimum absolute atomic E-state index is 0.202. The van der Waals surface area contributed by atoms with Crippen molar-refractivity contribution in [3.8, 4) is 22.5 Å². The molecule has 162 valence electrons. The van der Waals surface area contributed by atoms with E-state index in [0.29, 0.717) is 22.9 Å². The van der Waals surface area contributed by atoms with Gasteiger partial charge < -0.3 is 0 Å². The third-order valence-corrected chi connectivity index (χ3v) is 6.37. The van der Waals surface area contributed by atoms with Crippen molar-refractivity contribution >= 4 is 10.9 Å². The Morgan fingerprint density at radius 1 is 0.781 bits per heavy atom. The normalized spacial score (nSPS) is 15.2. The molecule has 5 rings (SSSR count). The van der Waals surface area contributed by atoms with Gasteiger partial charge in [-0.25, -0.2) is 9.97 Å². The van der Waals surface area contributed by atoms with E-state index in [1.54, 1.807) is 12.3 Å². The Morgan fingerprint density at radius 3 is 2.34 bits per heavy atom. The summed E-state index contributed by atoms with van der Waals surface area (Å²) in [6.07, 6.45) is 2.74. The fraction of sp³-hybridized carbons (Fsp3) is 0.259. The molecule has 3 aromatic carbocycles. The lowest BCUT2D eigenvalue weighted by molar-refractivity contribution is -0.137. The van der Waals surface area contributed by atoms with Gasteiger partial charge in [-0.3, -0.25) is 0 Å². The van der Waals surface area contributed by atoms with Gasteiger partial charge in [-0.15, -0.1) is 0 Å². The minimum Gasteiger partial charge on any atom is -0.236 e. The second kappa shape index (κ2) is 8.38. The molecule has 0 radical (unpaired) electrons. The largest absolute Gasteiger partial charge is 0.417 e. The molecule has 0 spiro atoms. The Balaban J connectivity index is 1.67. The average molecular weight is 432 g/mol. The molecule has 1 aliphatic carbocycles. The van der Waals surface area contributed by atoms with Crippen molar-refractivity contribution in [1.29, 1.82) is 0 Å². The molecular weight excluding hydrogens is 409 g/mol. The molecule has 1 saturated carbocycles. The number of halogens is 3. The molecule has 1 aliphatic rings. The number of para-hydroxylation sites is 1. The second-order valence-corrected chi connectivity index (χ2v) is 8.43. The van der Waals surface area contributed by atoms with Crippen LogP contribution in [0.25, 0.3) is 33.4 Å². The van der Waals surface area contributed by atoms with Crippen LogP contribution in [0, 0.1) is 0 Å². The lowest BCUT2D eigenvalue weighted by atomic mass is 9.80.